The first-order valence-electron chi connectivity index (χ1n) is 9.71. The van der Waals surface area contributed by atoms with Crippen LogP contribution in [-0.4, -0.2) is 32.6 Å². The lowest BCUT2D eigenvalue weighted by Gasteiger charge is -2.33. The molecule has 0 aliphatic carbocycles. The zero-order valence-electron chi connectivity index (χ0n) is 16.0. The lowest BCUT2D eigenvalue weighted by atomic mass is 9.95. The second-order valence-electron chi connectivity index (χ2n) is 8.36. The van der Waals surface area contributed by atoms with Crippen molar-refractivity contribution in [1.29, 1.82) is 0 Å². The summed E-state index contributed by atoms with van der Waals surface area (Å²) in [6.07, 6.45) is 6.80. The molecule has 5 rings (SSSR count). The predicted molar refractivity (Wildman–Crippen MR) is 113 cm³/mol. The molecule has 2 aliphatic heterocycles. The molecular weight excluding hydrogens is 393 g/mol. The molecule has 1 aromatic carbocycles. The highest BCUT2D eigenvalue weighted by Gasteiger charge is 2.41. The van der Waals surface area contributed by atoms with Gasteiger partial charge in [0.15, 0.2) is 0 Å². The zero-order chi connectivity index (χ0) is 19.6. The smallest absolute Gasteiger partial charge is 0.105 e. The van der Waals surface area contributed by atoms with Crippen LogP contribution in [0.1, 0.15) is 42.6 Å². The number of aliphatic hydroxyl groups is 1. The summed E-state index contributed by atoms with van der Waals surface area (Å²) in [4.78, 5) is 6.57. The number of halogens is 2. The van der Waals surface area contributed by atoms with Crippen molar-refractivity contribution in [3.05, 3.63) is 63.5 Å². The van der Waals surface area contributed by atoms with E-state index in [1.165, 1.54) is 17.7 Å². The quantitative estimate of drug-likeness (QED) is 0.658. The highest BCUT2D eigenvalue weighted by molar-refractivity contribution is 6.42. The molecule has 1 fully saturated rings. The van der Waals surface area contributed by atoms with Gasteiger partial charge >= 0.3 is 0 Å². The standard InChI is InChI=1S/C22H23Cl2N3O/c1-22(28,13-5-7-25-8-6-13)12-27-19-11-17(24)16(23)10-15(19)21-18-4-3-14(26(18)2)9-20(21)27/h5-8,10-11,14,18,28H,3-4,9,12H2,1-2H3. The average Bonchev–Trinajstić information content (AvgIpc) is 3.07. The van der Waals surface area contributed by atoms with Crippen LogP contribution in [0.15, 0.2) is 36.7 Å². The van der Waals surface area contributed by atoms with Crippen molar-refractivity contribution in [3.8, 4) is 0 Å². The van der Waals surface area contributed by atoms with E-state index in [0.29, 0.717) is 28.7 Å². The summed E-state index contributed by atoms with van der Waals surface area (Å²) in [5.41, 5.74) is 3.56. The Morgan fingerprint density at radius 3 is 2.64 bits per heavy atom. The summed E-state index contributed by atoms with van der Waals surface area (Å²) in [5, 5.41) is 13.6. The minimum absolute atomic E-state index is 0.403. The number of hydrogen-bond donors (Lipinski definition) is 1. The van der Waals surface area contributed by atoms with Gasteiger partial charge in [-0.1, -0.05) is 23.2 Å². The Morgan fingerprint density at radius 1 is 1.18 bits per heavy atom. The van der Waals surface area contributed by atoms with Crippen molar-refractivity contribution in [2.24, 2.45) is 0 Å². The molecule has 4 nitrogen and oxygen atoms in total. The monoisotopic (exact) mass is 415 g/mol. The van der Waals surface area contributed by atoms with Crippen LogP contribution in [0.5, 0.6) is 0 Å². The largest absolute Gasteiger partial charge is 0.384 e. The summed E-state index contributed by atoms with van der Waals surface area (Å²) in [5.74, 6) is 0. The molecule has 0 amide bonds. The summed E-state index contributed by atoms with van der Waals surface area (Å²) in [6.45, 7) is 2.33. The average molecular weight is 416 g/mol. The molecule has 0 spiro atoms. The van der Waals surface area contributed by atoms with Crippen molar-refractivity contribution >= 4 is 34.1 Å². The third-order valence-corrected chi connectivity index (χ3v) is 7.35. The van der Waals surface area contributed by atoms with Gasteiger partial charge in [-0.25, -0.2) is 0 Å². The molecule has 1 saturated heterocycles. The van der Waals surface area contributed by atoms with Gasteiger partial charge in [0.05, 0.1) is 22.1 Å². The van der Waals surface area contributed by atoms with E-state index in [-0.39, 0.29) is 0 Å². The highest BCUT2D eigenvalue weighted by atomic mass is 35.5. The van der Waals surface area contributed by atoms with Gasteiger partial charge in [-0.05, 0) is 62.2 Å². The second kappa shape index (κ2) is 6.46. The maximum atomic E-state index is 11.3. The van der Waals surface area contributed by atoms with Gasteiger partial charge in [-0.15, -0.1) is 0 Å². The van der Waals surface area contributed by atoms with E-state index in [1.807, 2.05) is 31.2 Å². The van der Waals surface area contributed by atoms with Crippen LogP contribution >= 0.6 is 23.2 Å². The van der Waals surface area contributed by atoms with Crippen molar-refractivity contribution in [2.75, 3.05) is 7.05 Å². The molecule has 3 aromatic rings. The Balaban J connectivity index is 1.71. The number of hydrogen-bond acceptors (Lipinski definition) is 3. The first kappa shape index (κ1) is 18.4. The van der Waals surface area contributed by atoms with E-state index < -0.39 is 5.60 Å². The van der Waals surface area contributed by atoms with Gasteiger partial charge in [-0.3, -0.25) is 9.88 Å². The molecule has 2 bridgehead atoms. The van der Waals surface area contributed by atoms with E-state index >= 15 is 0 Å². The van der Waals surface area contributed by atoms with Gasteiger partial charge in [0.25, 0.3) is 0 Å². The second-order valence-corrected chi connectivity index (χ2v) is 9.17. The summed E-state index contributed by atoms with van der Waals surface area (Å²) in [6, 6.07) is 8.66. The summed E-state index contributed by atoms with van der Waals surface area (Å²) in [7, 11) is 2.22. The molecule has 4 heterocycles. The highest BCUT2D eigenvalue weighted by Crippen LogP contribution is 2.48. The van der Waals surface area contributed by atoms with Crippen molar-refractivity contribution in [1.82, 2.24) is 14.5 Å². The van der Waals surface area contributed by atoms with Crippen molar-refractivity contribution in [3.63, 3.8) is 0 Å². The first-order valence-corrected chi connectivity index (χ1v) is 10.5. The van der Waals surface area contributed by atoms with E-state index in [9.17, 15) is 5.11 Å². The lowest BCUT2D eigenvalue weighted by Crippen LogP contribution is -2.36. The third kappa shape index (κ3) is 2.70. The third-order valence-electron chi connectivity index (χ3n) is 6.63. The fourth-order valence-corrected chi connectivity index (χ4v) is 5.46. The Kier molecular flexibility index (Phi) is 4.25. The summed E-state index contributed by atoms with van der Waals surface area (Å²) >= 11 is 12.8. The Hall–Kier alpha value is -1.59. The van der Waals surface area contributed by atoms with E-state index in [4.69, 9.17) is 23.2 Å². The topological polar surface area (TPSA) is 41.3 Å². The van der Waals surface area contributed by atoms with Crippen molar-refractivity contribution < 1.29 is 5.11 Å². The number of pyridine rings is 1. The van der Waals surface area contributed by atoms with Crippen molar-refractivity contribution in [2.45, 2.75) is 50.4 Å². The number of nitrogens with zero attached hydrogens (tertiary/aromatic N) is 3. The molecule has 6 heteroatoms. The maximum Gasteiger partial charge on any atom is 0.105 e. The van der Waals surface area contributed by atoms with Crippen LogP contribution in [0, 0.1) is 0 Å². The molecule has 1 N–H and O–H groups in total. The fraction of sp³-hybridized carbons (Fsp3) is 0.409. The molecule has 2 aromatic heterocycles. The van der Waals surface area contributed by atoms with Gasteiger partial charge < -0.3 is 9.67 Å². The molecule has 146 valence electrons. The number of likely N-dealkylation sites (N-methyl/N-ethyl adjacent to an activating group) is 1. The van der Waals surface area contributed by atoms with Gasteiger partial charge in [0, 0.05) is 42.0 Å². The molecular formula is C22H23Cl2N3O. The number of fused-ring (bicyclic) bond motifs is 6. The Labute approximate surface area is 174 Å². The maximum absolute atomic E-state index is 11.3. The first-order chi connectivity index (χ1) is 13.4. The van der Waals surface area contributed by atoms with Gasteiger partial charge in [0.2, 0.25) is 0 Å². The van der Waals surface area contributed by atoms with Crippen LogP contribution in [0.2, 0.25) is 10.0 Å². The molecule has 3 unspecified atom stereocenters. The Morgan fingerprint density at radius 2 is 1.89 bits per heavy atom. The van der Waals surface area contributed by atoms with Crippen LogP contribution < -0.4 is 0 Å². The van der Waals surface area contributed by atoms with Crippen LogP contribution in [0.3, 0.4) is 0 Å². The van der Waals surface area contributed by atoms with Gasteiger partial charge in [-0.2, -0.15) is 0 Å². The van der Waals surface area contributed by atoms with Gasteiger partial charge in [0.1, 0.15) is 5.60 Å². The molecule has 0 radical (unpaired) electrons. The van der Waals surface area contributed by atoms with E-state index in [0.717, 1.165) is 29.3 Å². The number of benzene rings is 1. The minimum atomic E-state index is -1.02. The molecule has 28 heavy (non-hydrogen) atoms. The molecule has 0 saturated carbocycles. The fourth-order valence-electron chi connectivity index (χ4n) is 5.13. The normalized spacial score (nSPS) is 23.8. The minimum Gasteiger partial charge on any atom is -0.384 e. The SMILES string of the molecule is CN1C2CCC1c1c(n(CC(C)(O)c3ccncc3)c3cc(Cl)c(Cl)cc13)C2. The number of aromatic nitrogens is 2. The molecule has 2 aliphatic rings. The number of rotatable bonds is 3. The predicted octanol–water partition coefficient (Wildman–Crippen LogP) is 4.94. The Bertz CT molecular complexity index is 1060. The van der Waals surface area contributed by atoms with E-state index in [1.54, 1.807) is 12.4 Å². The summed E-state index contributed by atoms with van der Waals surface area (Å²) < 4.78 is 2.27. The molecule has 3 atom stereocenters. The zero-order valence-corrected chi connectivity index (χ0v) is 17.5. The van der Waals surface area contributed by atoms with Crippen LogP contribution in [0.25, 0.3) is 10.9 Å². The van der Waals surface area contributed by atoms with Crippen LogP contribution in [-0.2, 0) is 18.6 Å². The lowest BCUT2D eigenvalue weighted by molar-refractivity contribution is 0.0381. The van der Waals surface area contributed by atoms with Crippen LogP contribution in [0.4, 0.5) is 0 Å². The van der Waals surface area contributed by atoms with E-state index in [2.05, 4.69) is 21.5 Å².